The number of β-amino-alcohol motifs (C(OH)–C–C–N with tert-alkyl or cyclic N) is 1. The highest BCUT2D eigenvalue weighted by atomic mass is 19.1. The van der Waals surface area contributed by atoms with Crippen LogP contribution in [0.15, 0.2) is 77.6 Å². The van der Waals surface area contributed by atoms with Gasteiger partial charge in [-0.05, 0) is 36.3 Å². The van der Waals surface area contributed by atoms with Gasteiger partial charge in [0.15, 0.2) is 5.69 Å². The number of aromatic nitrogens is 6. The van der Waals surface area contributed by atoms with Gasteiger partial charge in [-0.1, -0.05) is 46.8 Å². The van der Waals surface area contributed by atoms with Crippen molar-refractivity contribution in [3.05, 3.63) is 78.7 Å². The molecule has 0 spiro atoms. The molecule has 2 aliphatic rings. The van der Waals surface area contributed by atoms with Gasteiger partial charge in [0.1, 0.15) is 17.9 Å². The Morgan fingerprint density at radius 3 is 2.75 bits per heavy atom. The van der Waals surface area contributed by atoms with Gasteiger partial charge in [-0.25, -0.2) is 9.07 Å². The van der Waals surface area contributed by atoms with Crippen molar-refractivity contribution in [3.63, 3.8) is 0 Å². The molecule has 6 rings (SSSR count). The van der Waals surface area contributed by atoms with E-state index in [-0.39, 0.29) is 12.0 Å². The molecular formula is C26H24FN7O2. The van der Waals surface area contributed by atoms with Gasteiger partial charge in [-0.15, -0.1) is 5.10 Å². The third kappa shape index (κ3) is 4.36. The van der Waals surface area contributed by atoms with Gasteiger partial charge in [0.25, 0.3) is 5.89 Å². The van der Waals surface area contributed by atoms with Crippen LogP contribution in [0.4, 0.5) is 4.39 Å². The quantitative estimate of drug-likeness (QED) is 0.441. The number of benzene rings is 1. The van der Waals surface area contributed by atoms with Gasteiger partial charge >= 0.3 is 0 Å². The molecule has 0 amide bonds. The molecule has 1 N–H and O–H groups in total. The van der Waals surface area contributed by atoms with Crippen LogP contribution in [0.1, 0.15) is 18.0 Å². The Kier molecular flexibility index (Phi) is 5.96. The van der Waals surface area contributed by atoms with Gasteiger partial charge in [-0.3, -0.25) is 9.88 Å². The predicted octanol–water partition coefficient (Wildman–Crippen LogP) is 3.63. The fraction of sp³-hybridized carbons (Fsp3) is 0.269. The van der Waals surface area contributed by atoms with Gasteiger partial charge < -0.3 is 9.63 Å². The van der Waals surface area contributed by atoms with Crippen LogP contribution in [0.3, 0.4) is 0 Å². The fourth-order valence-electron chi connectivity index (χ4n) is 4.67. The number of alkyl halides is 1. The van der Waals surface area contributed by atoms with Crippen LogP contribution in [0.25, 0.3) is 34.2 Å². The Labute approximate surface area is 206 Å². The predicted molar refractivity (Wildman–Crippen MR) is 130 cm³/mol. The number of halogens is 1. The minimum absolute atomic E-state index is 0.196. The third-order valence-corrected chi connectivity index (χ3v) is 6.44. The summed E-state index contributed by atoms with van der Waals surface area (Å²) in [4.78, 5) is 10.9. The van der Waals surface area contributed by atoms with Crippen LogP contribution in [0, 0.1) is 0 Å². The molecule has 1 saturated heterocycles. The maximum absolute atomic E-state index is 14.8. The molecular weight excluding hydrogens is 461 g/mol. The lowest BCUT2D eigenvalue weighted by atomic mass is 10.1. The fourth-order valence-corrected chi connectivity index (χ4v) is 4.67. The monoisotopic (exact) mass is 485 g/mol. The van der Waals surface area contributed by atoms with Gasteiger partial charge in [0.2, 0.25) is 5.82 Å². The second kappa shape index (κ2) is 9.56. The summed E-state index contributed by atoms with van der Waals surface area (Å²) < 4.78 is 21.9. The lowest BCUT2D eigenvalue weighted by molar-refractivity contribution is 0.175. The van der Waals surface area contributed by atoms with Crippen molar-refractivity contribution in [1.82, 2.24) is 35.0 Å². The first kappa shape index (κ1) is 22.4. The molecule has 36 heavy (non-hydrogen) atoms. The van der Waals surface area contributed by atoms with E-state index in [1.165, 1.54) is 6.08 Å². The number of aliphatic hydroxyl groups excluding tert-OH is 1. The molecule has 10 heteroatoms. The normalized spacial score (nSPS) is 21.9. The van der Waals surface area contributed by atoms with Gasteiger partial charge in [-0.2, -0.15) is 4.98 Å². The molecule has 3 unspecified atom stereocenters. The van der Waals surface area contributed by atoms with E-state index < -0.39 is 12.2 Å². The first-order valence-corrected chi connectivity index (χ1v) is 11.8. The number of aliphatic hydroxyl groups is 1. The van der Waals surface area contributed by atoms with Crippen LogP contribution in [0.2, 0.25) is 0 Å². The molecule has 3 atom stereocenters. The number of pyridine rings is 1. The highest BCUT2D eigenvalue weighted by Crippen LogP contribution is 2.34. The molecule has 0 bridgehead atoms. The molecule has 182 valence electrons. The smallest absolute Gasteiger partial charge is 0.281 e. The summed E-state index contributed by atoms with van der Waals surface area (Å²) in [5, 5.41) is 22.6. The zero-order valence-electron chi connectivity index (χ0n) is 19.4. The SMILES string of the molecule is OC1CCN(Cc2cccc(-c3noc(-c4nnn(C5C=CC=CC5F)c4-c4ccncc4)n3)c2)C1. The maximum atomic E-state index is 14.8. The summed E-state index contributed by atoms with van der Waals surface area (Å²) in [6.07, 6.45) is 9.31. The van der Waals surface area contributed by atoms with Crippen molar-refractivity contribution in [3.8, 4) is 34.2 Å². The summed E-state index contributed by atoms with van der Waals surface area (Å²) >= 11 is 0. The lowest BCUT2D eigenvalue weighted by Gasteiger charge is -2.19. The summed E-state index contributed by atoms with van der Waals surface area (Å²) in [7, 11) is 0. The van der Waals surface area contributed by atoms with E-state index >= 15 is 0 Å². The Morgan fingerprint density at radius 2 is 1.94 bits per heavy atom. The minimum Gasteiger partial charge on any atom is -0.392 e. The molecule has 0 radical (unpaired) electrons. The Balaban J connectivity index is 1.34. The van der Waals surface area contributed by atoms with E-state index in [1.54, 1.807) is 35.3 Å². The van der Waals surface area contributed by atoms with Crippen molar-refractivity contribution in [2.45, 2.75) is 31.3 Å². The molecule has 1 aliphatic carbocycles. The van der Waals surface area contributed by atoms with Crippen LogP contribution in [-0.2, 0) is 6.54 Å². The van der Waals surface area contributed by atoms with Crippen LogP contribution < -0.4 is 0 Å². The van der Waals surface area contributed by atoms with Crippen molar-refractivity contribution in [2.24, 2.45) is 0 Å². The van der Waals surface area contributed by atoms with E-state index in [4.69, 9.17) is 4.52 Å². The number of rotatable bonds is 6. The van der Waals surface area contributed by atoms with Gasteiger partial charge in [0.05, 0.1) is 6.10 Å². The zero-order valence-corrected chi connectivity index (χ0v) is 19.4. The van der Waals surface area contributed by atoms with Crippen molar-refractivity contribution in [2.75, 3.05) is 13.1 Å². The summed E-state index contributed by atoms with van der Waals surface area (Å²) in [5.74, 6) is 0.620. The van der Waals surface area contributed by atoms with E-state index in [0.29, 0.717) is 23.8 Å². The largest absolute Gasteiger partial charge is 0.392 e. The highest BCUT2D eigenvalue weighted by Gasteiger charge is 2.29. The number of nitrogens with zero attached hydrogens (tertiary/aromatic N) is 7. The maximum Gasteiger partial charge on any atom is 0.281 e. The molecule has 3 aromatic heterocycles. The van der Waals surface area contributed by atoms with Crippen LogP contribution >= 0.6 is 0 Å². The van der Waals surface area contributed by atoms with Gasteiger partial charge in [0, 0.05) is 43.2 Å². The second-order valence-corrected chi connectivity index (χ2v) is 8.97. The van der Waals surface area contributed by atoms with Crippen LogP contribution in [0.5, 0.6) is 0 Å². The number of hydrogen-bond donors (Lipinski definition) is 1. The van der Waals surface area contributed by atoms with Crippen molar-refractivity contribution >= 4 is 0 Å². The zero-order chi connectivity index (χ0) is 24.5. The molecule has 0 saturated carbocycles. The van der Waals surface area contributed by atoms with Crippen LogP contribution in [-0.4, -0.2) is 65.5 Å². The summed E-state index contributed by atoms with van der Waals surface area (Å²) in [6, 6.07) is 10.9. The highest BCUT2D eigenvalue weighted by molar-refractivity contribution is 5.74. The van der Waals surface area contributed by atoms with E-state index in [1.807, 2.05) is 36.4 Å². The molecule has 9 nitrogen and oxygen atoms in total. The van der Waals surface area contributed by atoms with E-state index in [0.717, 1.165) is 36.2 Å². The third-order valence-electron chi connectivity index (χ3n) is 6.44. The molecule has 4 heterocycles. The summed E-state index contributed by atoms with van der Waals surface area (Å²) in [5.41, 5.74) is 3.61. The minimum atomic E-state index is -1.25. The molecule has 1 fully saturated rings. The van der Waals surface area contributed by atoms with Crippen molar-refractivity contribution < 1.29 is 14.0 Å². The average molecular weight is 486 g/mol. The number of allylic oxidation sites excluding steroid dienone is 4. The number of likely N-dealkylation sites (tertiary alicyclic amines) is 1. The average Bonchev–Trinajstić information content (AvgIpc) is 3.65. The second-order valence-electron chi connectivity index (χ2n) is 8.97. The standard InChI is InChI=1S/C26H24FN7O2/c27-21-6-1-2-7-22(21)34-24(18-8-11-28-12-9-18)23(30-32-34)26-29-25(31-36-26)19-5-3-4-17(14-19)15-33-13-10-20(35)16-33/h1-9,11-12,14,20-22,35H,10,13,15-16H2. The number of hydrogen-bond acceptors (Lipinski definition) is 8. The first-order valence-electron chi connectivity index (χ1n) is 11.8. The van der Waals surface area contributed by atoms with Crippen molar-refractivity contribution in [1.29, 1.82) is 0 Å². The molecule has 4 aromatic rings. The lowest BCUT2D eigenvalue weighted by Crippen LogP contribution is -2.21. The Morgan fingerprint density at radius 1 is 1.08 bits per heavy atom. The first-order chi connectivity index (χ1) is 17.7. The van der Waals surface area contributed by atoms with E-state index in [2.05, 4.69) is 30.3 Å². The summed E-state index contributed by atoms with van der Waals surface area (Å²) in [6.45, 7) is 2.29. The Hall–Kier alpha value is -4.02. The molecule has 1 aromatic carbocycles. The van der Waals surface area contributed by atoms with E-state index in [9.17, 15) is 9.50 Å². The Bertz CT molecular complexity index is 1410. The topological polar surface area (TPSA) is 106 Å². The molecule has 1 aliphatic heterocycles.